The summed E-state index contributed by atoms with van der Waals surface area (Å²) in [5.74, 6) is 0. The molecule has 16 heavy (non-hydrogen) atoms. The van der Waals surface area contributed by atoms with Crippen LogP contribution >= 0.6 is 0 Å². The summed E-state index contributed by atoms with van der Waals surface area (Å²) in [6.45, 7) is 2.16. The molecule has 1 aromatic rings. The van der Waals surface area contributed by atoms with Crippen molar-refractivity contribution < 1.29 is 0 Å². The highest BCUT2D eigenvalue weighted by Crippen LogP contribution is 2.22. The first-order valence-corrected chi connectivity index (χ1v) is 6.26. The molecular weight excluding hydrogens is 194 g/mol. The van der Waals surface area contributed by atoms with Crippen molar-refractivity contribution in [3.8, 4) is 0 Å². The highest BCUT2D eigenvalue weighted by molar-refractivity contribution is 5.28. The third-order valence-corrected chi connectivity index (χ3v) is 3.50. The Balaban J connectivity index is 2.04. The predicted molar refractivity (Wildman–Crippen MR) is 69.4 cm³/mol. The minimum atomic E-state index is 0.224. The third kappa shape index (κ3) is 2.73. The maximum Gasteiger partial charge on any atom is 0.0294 e. The van der Waals surface area contributed by atoms with Crippen molar-refractivity contribution in [2.24, 2.45) is 5.73 Å². The lowest BCUT2D eigenvalue weighted by atomic mass is 9.90. The summed E-state index contributed by atoms with van der Waals surface area (Å²) < 4.78 is 0. The number of allylic oxidation sites excluding steroid dienone is 1. The third-order valence-electron chi connectivity index (χ3n) is 3.50. The Kier molecular flexibility index (Phi) is 3.79. The van der Waals surface area contributed by atoms with Gasteiger partial charge in [0.2, 0.25) is 0 Å². The van der Waals surface area contributed by atoms with Crippen LogP contribution in [-0.2, 0) is 6.42 Å². The highest BCUT2D eigenvalue weighted by Gasteiger charge is 2.13. The molecule has 0 aromatic heterocycles. The van der Waals surface area contributed by atoms with Crippen LogP contribution in [0.5, 0.6) is 0 Å². The zero-order chi connectivity index (χ0) is 11.4. The Morgan fingerprint density at radius 2 is 2.06 bits per heavy atom. The molecule has 0 saturated carbocycles. The van der Waals surface area contributed by atoms with Gasteiger partial charge in [0.05, 0.1) is 0 Å². The Hall–Kier alpha value is -1.08. The second-order valence-corrected chi connectivity index (χ2v) is 4.76. The molecule has 0 heterocycles. The smallest absolute Gasteiger partial charge is 0.0294 e. The second-order valence-electron chi connectivity index (χ2n) is 4.76. The fraction of sp³-hybridized carbons (Fsp3) is 0.467. The number of rotatable bonds is 3. The lowest BCUT2D eigenvalue weighted by molar-refractivity contribution is 0.629. The summed E-state index contributed by atoms with van der Waals surface area (Å²) in [7, 11) is 0. The molecule has 2 N–H and O–H groups in total. The van der Waals surface area contributed by atoms with E-state index in [1.54, 1.807) is 0 Å². The van der Waals surface area contributed by atoms with Crippen molar-refractivity contribution in [2.45, 2.75) is 45.1 Å². The number of aryl methyl sites for hydroxylation is 1. The Morgan fingerprint density at radius 3 is 2.75 bits per heavy atom. The minimum absolute atomic E-state index is 0.224. The van der Waals surface area contributed by atoms with Crippen LogP contribution in [0.25, 0.3) is 0 Å². The monoisotopic (exact) mass is 215 g/mol. The van der Waals surface area contributed by atoms with E-state index in [-0.39, 0.29) is 6.04 Å². The standard InChI is InChI=1S/C15H21N/c1-12-7-5-6-10-14(12)11-15(16)13-8-3-2-4-9-13/h5-8,10,15H,2-4,9,11,16H2,1H3. The molecule has 0 radical (unpaired) electrons. The average molecular weight is 215 g/mol. The van der Waals surface area contributed by atoms with E-state index in [4.69, 9.17) is 5.73 Å². The fourth-order valence-electron chi connectivity index (χ4n) is 2.41. The van der Waals surface area contributed by atoms with Gasteiger partial charge in [0, 0.05) is 6.04 Å². The maximum absolute atomic E-state index is 6.28. The summed E-state index contributed by atoms with van der Waals surface area (Å²) in [5, 5.41) is 0. The summed E-state index contributed by atoms with van der Waals surface area (Å²) in [6, 6.07) is 8.77. The van der Waals surface area contributed by atoms with Gasteiger partial charge in [-0.05, 0) is 50.2 Å². The molecule has 1 nitrogen and oxygen atoms in total. The van der Waals surface area contributed by atoms with Crippen molar-refractivity contribution in [1.29, 1.82) is 0 Å². The van der Waals surface area contributed by atoms with Crippen LogP contribution in [0.2, 0.25) is 0 Å². The molecule has 0 fully saturated rings. The van der Waals surface area contributed by atoms with E-state index in [9.17, 15) is 0 Å². The van der Waals surface area contributed by atoms with Crippen molar-refractivity contribution in [2.75, 3.05) is 0 Å². The molecule has 86 valence electrons. The van der Waals surface area contributed by atoms with Crippen molar-refractivity contribution >= 4 is 0 Å². The van der Waals surface area contributed by atoms with E-state index in [0.717, 1.165) is 6.42 Å². The zero-order valence-corrected chi connectivity index (χ0v) is 10.1. The van der Waals surface area contributed by atoms with Crippen molar-refractivity contribution in [1.82, 2.24) is 0 Å². The molecule has 0 aliphatic heterocycles. The van der Waals surface area contributed by atoms with E-state index in [0.29, 0.717) is 0 Å². The minimum Gasteiger partial charge on any atom is -0.324 e. The normalized spacial score (nSPS) is 18.0. The van der Waals surface area contributed by atoms with Crippen LogP contribution in [0.15, 0.2) is 35.9 Å². The van der Waals surface area contributed by atoms with Gasteiger partial charge in [-0.2, -0.15) is 0 Å². The molecule has 2 rings (SSSR count). The van der Waals surface area contributed by atoms with E-state index in [1.165, 1.54) is 42.4 Å². The van der Waals surface area contributed by atoms with Gasteiger partial charge in [0.1, 0.15) is 0 Å². The number of hydrogen-bond acceptors (Lipinski definition) is 1. The summed E-state index contributed by atoms with van der Waals surface area (Å²) in [4.78, 5) is 0. The van der Waals surface area contributed by atoms with Crippen LogP contribution in [-0.4, -0.2) is 6.04 Å². The van der Waals surface area contributed by atoms with E-state index >= 15 is 0 Å². The molecule has 1 aromatic carbocycles. The van der Waals surface area contributed by atoms with Gasteiger partial charge < -0.3 is 5.73 Å². The first-order chi connectivity index (χ1) is 7.77. The van der Waals surface area contributed by atoms with Crippen LogP contribution in [0.3, 0.4) is 0 Å². The summed E-state index contributed by atoms with van der Waals surface area (Å²) in [5.41, 5.74) is 10.5. The Labute approximate surface area is 98.4 Å². The van der Waals surface area contributed by atoms with Crippen LogP contribution < -0.4 is 5.73 Å². The number of nitrogens with two attached hydrogens (primary N) is 1. The van der Waals surface area contributed by atoms with Crippen LogP contribution in [0, 0.1) is 6.92 Å². The van der Waals surface area contributed by atoms with Crippen molar-refractivity contribution in [3.05, 3.63) is 47.0 Å². The van der Waals surface area contributed by atoms with Crippen LogP contribution in [0.4, 0.5) is 0 Å². The predicted octanol–water partition coefficient (Wildman–Crippen LogP) is 3.37. The van der Waals surface area contributed by atoms with E-state index in [1.807, 2.05) is 0 Å². The molecule has 0 bridgehead atoms. The SMILES string of the molecule is Cc1ccccc1CC(N)C1=CCCCC1. The largest absolute Gasteiger partial charge is 0.324 e. The maximum atomic E-state index is 6.28. The van der Waals surface area contributed by atoms with E-state index < -0.39 is 0 Å². The first kappa shape index (κ1) is 11.4. The van der Waals surface area contributed by atoms with Gasteiger partial charge >= 0.3 is 0 Å². The Morgan fingerprint density at radius 1 is 1.25 bits per heavy atom. The van der Waals surface area contributed by atoms with Gasteiger partial charge in [0.15, 0.2) is 0 Å². The fourth-order valence-corrected chi connectivity index (χ4v) is 2.41. The number of benzene rings is 1. The number of hydrogen-bond donors (Lipinski definition) is 1. The lowest BCUT2D eigenvalue weighted by Crippen LogP contribution is -2.26. The van der Waals surface area contributed by atoms with Crippen LogP contribution in [0.1, 0.15) is 36.8 Å². The molecule has 0 saturated heterocycles. The zero-order valence-electron chi connectivity index (χ0n) is 10.1. The molecule has 1 unspecified atom stereocenters. The van der Waals surface area contributed by atoms with Gasteiger partial charge in [-0.1, -0.05) is 35.9 Å². The van der Waals surface area contributed by atoms with Gasteiger partial charge in [0.25, 0.3) is 0 Å². The topological polar surface area (TPSA) is 26.0 Å². The molecule has 1 heteroatoms. The van der Waals surface area contributed by atoms with Crippen molar-refractivity contribution in [3.63, 3.8) is 0 Å². The van der Waals surface area contributed by atoms with Gasteiger partial charge in [-0.3, -0.25) is 0 Å². The summed E-state index contributed by atoms with van der Waals surface area (Å²) in [6.07, 6.45) is 8.41. The highest BCUT2D eigenvalue weighted by atomic mass is 14.6. The summed E-state index contributed by atoms with van der Waals surface area (Å²) >= 11 is 0. The molecule has 0 amide bonds. The van der Waals surface area contributed by atoms with Gasteiger partial charge in [-0.25, -0.2) is 0 Å². The molecule has 0 spiro atoms. The molecular formula is C15H21N. The molecule has 1 aliphatic rings. The van der Waals surface area contributed by atoms with Gasteiger partial charge in [-0.15, -0.1) is 0 Å². The van der Waals surface area contributed by atoms with E-state index in [2.05, 4.69) is 37.3 Å². The lowest BCUT2D eigenvalue weighted by Gasteiger charge is -2.20. The Bertz CT molecular complexity index is 379. The molecule has 1 atom stereocenters. The molecule has 1 aliphatic carbocycles. The average Bonchev–Trinajstić information content (AvgIpc) is 2.33. The quantitative estimate of drug-likeness (QED) is 0.769. The first-order valence-electron chi connectivity index (χ1n) is 6.26. The second kappa shape index (κ2) is 5.31.